The first-order chi connectivity index (χ1) is 8.17. The Balaban J connectivity index is 2.79. The summed E-state index contributed by atoms with van der Waals surface area (Å²) in [5.74, 6) is 0.745. The van der Waals surface area contributed by atoms with Crippen LogP contribution in [-0.4, -0.2) is 7.11 Å². The minimum Gasteiger partial charge on any atom is -0.496 e. The van der Waals surface area contributed by atoms with Crippen LogP contribution in [0.2, 0.25) is 0 Å². The van der Waals surface area contributed by atoms with Crippen LogP contribution in [0.15, 0.2) is 27.4 Å². The van der Waals surface area contributed by atoms with Crippen LogP contribution in [0.25, 0.3) is 11.0 Å². The van der Waals surface area contributed by atoms with Crippen LogP contribution >= 0.6 is 0 Å². The van der Waals surface area contributed by atoms with Crippen molar-refractivity contribution in [3.63, 3.8) is 0 Å². The van der Waals surface area contributed by atoms with Crippen LogP contribution in [0.3, 0.4) is 0 Å². The Morgan fingerprint density at radius 1 is 1.35 bits per heavy atom. The molecule has 1 aromatic heterocycles. The van der Waals surface area contributed by atoms with Crippen molar-refractivity contribution in [1.29, 1.82) is 0 Å². The minimum atomic E-state index is -0.294. The molecule has 0 aliphatic rings. The number of methoxy groups -OCH3 is 1. The van der Waals surface area contributed by atoms with E-state index in [0.29, 0.717) is 5.58 Å². The highest BCUT2D eigenvalue weighted by Gasteiger charge is 2.10. The number of fused-ring (bicyclic) bond motifs is 1. The molecule has 90 valence electrons. The molecule has 0 aliphatic carbocycles. The van der Waals surface area contributed by atoms with Crippen molar-refractivity contribution in [3.05, 3.63) is 39.7 Å². The highest BCUT2D eigenvalue weighted by atomic mass is 16.5. The van der Waals surface area contributed by atoms with Crippen molar-refractivity contribution < 1.29 is 9.15 Å². The van der Waals surface area contributed by atoms with E-state index in [0.717, 1.165) is 35.1 Å². The van der Waals surface area contributed by atoms with Crippen LogP contribution in [-0.2, 0) is 6.42 Å². The molecule has 0 amide bonds. The first kappa shape index (κ1) is 11.7. The second kappa shape index (κ2) is 4.62. The zero-order valence-electron chi connectivity index (χ0n) is 10.4. The van der Waals surface area contributed by atoms with Gasteiger partial charge in [-0.25, -0.2) is 4.79 Å². The Morgan fingerprint density at radius 3 is 2.76 bits per heavy atom. The molecule has 0 aliphatic heterocycles. The molecule has 2 aromatic rings. The van der Waals surface area contributed by atoms with E-state index in [9.17, 15) is 4.79 Å². The van der Waals surface area contributed by atoms with Gasteiger partial charge in [0.2, 0.25) is 0 Å². The fraction of sp³-hybridized carbons (Fsp3) is 0.357. The summed E-state index contributed by atoms with van der Waals surface area (Å²) in [6, 6.07) is 5.45. The van der Waals surface area contributed by atoms with Gasteiger partial charge in [0.1, 0.15) is 11.3 Å². The van der Waals surface area contributed by atoms with Gasteiger partial charge in [0.25, 0.3) is 0 Å². The molecule has 0 saturated carbocycles. The van der Waals surface area contributed by atoms with Gasteiger partial charge >= 0.3 is 5.63 Å². The summed E-state index contributed by atoms with van der Waals surface area (Å²) in [7, 11) is 1.61. The normalized spacial score (nSPS) is 10.8. The smallest absolute Gasteiger partial charge is 0.336 e. The molecule has 2 rings (SSSR count). The van der Waals surface area contributed by atoms with Gasteiger partial charge in [0.15, 0.2) is 0 Å². The lowest BCUT2D eigenvalue weighted by atomic mass is 10.0. The standard InChI is InChI=1S/C14H16O3/c1-4-5-10-8-13(15)17-14-9(2)12(16-3)7-6-11(10)14/h6-8H,4-5H2,1-3H3. The Kier molecular flexibility index (Phi) is 3.18. The summed E-state index contributed by atoms with van der Waals surface area (Å²) in [5, 5.41) is 1.00. The molecule has 0 saturated heterocycles. The summed E-state index contributed by atoms with van der Waals surface area (Å²) in [5.41, 5.74) is 2.27. The largest absolute Gasteiger partial charge is 0.496 e. The minimum absolute atomic E-state index is 0.294. The highest BCUT2D eigenvalue weighted by molar-refractivity contribution is 5.84. The Bertz CT molecular complexity index is 596. The van der Waals surface area contributed by atoms with E-state index < -0.39 is 0 Å². The number of rotatable bonds is 3. The summed E-state index contributed by atoms with van der Waals surface area (Å²) in [4.78, 5) is 11.5. The average molecular weight is 232 g/mol. The van der Waals surface area contributed by atoms with E-state index in [4.69, 9.17) is 9.15 Å². The van der Waals surface area contributed by atoms with Gasteiger partial charge in [0.05, 0.1) is 7.11 Å². The first-order valence-electron chi connectivity index (χ1n) is 5.77. The molecule has 1 aromatic carbocycles. The van der Waals surface area contributed by atoms with Crippen molar-refractivity contribution in [1.82, 2.24) is 0 Å². The van der Waals surface area contributed by atoms with Gasteiger partial charge in [-0.15, -0.1) is 0 Å². The molecule has 0 fully saturated rings. The summed E-state index contributed by atoms with van der Waals surface area (Å²) < 4.78 is 10.5. The molecular weight excluding hydrogens is 216 g/mol. The van der Waals surface area contributed by atoms with Crippen molar-refractivity contribution in [3.8, 4) is 5.75 Å². The van der Waals surface area contributed by atoms with E-state index in [1.807, 2.05) is 19.1 Å². The van der Waals surface area contributed by atoms with Crippen molar-refractivity contribution in [2.45, 2.75) is 26.7 Å². The second-order valence-corrected chi connectivity index (χ2v) is 4.11. The molecule has 0 bridgehead atoms. The van der Waals surface area contributed by atoms with E-state index in [1.54, 1.807) is 13.2 Å². The Hall–Kier alpha value is -1.77. The summed E-state index contributed by atoms with van der Waals surface area (Å²) in [6.07, 6.45) is 1.89. The number of ether oxygens (including phenoxy) is 1. The van der Waals surface area contributed by atoms with Gasteiger partial charge in [-0.1, -0.05) is 13.3 Å². The molecule has 3 nitrogen and oxygen atoms in total. The average Bonchev–Trinajstić information content (AvgIpc) is 2.31. The lowest BCUT2D eigenvalue weighted by molar-refractivity contribution is 0.410. The highest BCUT2D eigenvalue weighted by Crippen LogP contribution is 2.28. The van der Waals surface area contributed by atoms with Crippen LogP contribution < -0.4 is 10.4 Å². The molecule has 0 N–H and O–H groups in total. The molecule has 3 heteroatoms. The zero-order valence-corrected chi connectivity index (χ0v) is 10.4. The van der Waals surface area contributed by atoms with Gasteiger partial charge < -0.3 is 9.15 Å². The van der Waals surface area contributed by atoms with Gasteiger partial charge in [-0.05, 0) is 31.0 Å². The Morgan fingerprint density at radius 2 is 2.12 bits per heavy atom. The number of hydrogen-bond donors (Lipinski definition) is 0. The maximum absolute atomic E-state index is 11.5. The third kappa shape index (κ3) is 2.05. The van der Waals surface area contributed by atoms with Crippen LogP contribution in [0.1, 0.15) is 24.5 Å². The summed E-state index contributed by atoms with van der Waals surface area (Å²) >= 11 is 0. The van der Waals surface area contributed by atoms with Crippen molar-refractivity contribution in [2.24, 2.45) is 0 Å². The number of benzene rings is 1. The maximum Gasteiger partial charge on any atom is 0.336 e. The van der Waals surface area contributed by atoms with Gasteiger partial charge in [0, 0.05) is 17.0 Å². The van der Waals surface area contributed by atoms with E-state index in [-0.39, 0.29) is 5.63 Å². The zero-order chi connectivity index (χ0) is 12.4. The van der Waals surface area contributed by atoms with E-state index >= 15 is 0 Å². The fourth-order valence-electron chi connectivity index (χ4n) is 2.11. The SMILES string of the molecule is CCCc1cc(=O)oc2c(C)c(OC)ccc12. The Labute approximate surface area is 100 Å². The predicted molar refractivity (Wildman–Crippen MR) is 67.8 cm³/mol. The molecule has 0 radical (unpaired) electrons. The number of aryl methyl sites for hydroxylation is 2. The van der Waals surface area contributed by atoms with Gasteiger partial charge in [-0.3, -0.25) is 0 Å². The molecule has 0 unspecified atom stereocenters. The molecule has 1 heterocycles. The second-order valence-electron chi connectivity index (χ2n) is 4.11. The molecule has 17 heavy (non-hydrogen) atoms. The molecule has 0 atom stereocenters. The van der Waals surface area contributed by atoms with Crippen molar-refractivity contribution in [2.75, 3.05) is 7.11 Å². The lowest BCUT2D eigenvalue weighted by Gasteiger charge is -2.09. The van der Waals surface area contributed by atoms with Crippen molar-refractivity contribution >= 4 is 11.0 Å². The number of hydrogen-bond acceptors (Lipinski definition) is 3. The van der Waals surface area contributed by atoms with Crippen LogP contribution in [0.4, 0.5) is 0 Å². The maximum atomic E-state index is 11.5. The van der Waals surface area contributed by atoms with E-state index in [1.165, 1.54) is 0 Å². The molecular formula is C14H16O3. The topological polar surface area (TPSA) is 39.4 Å². The monoisotopic (exact) mass is 232 g/mol. The van der Waals surface area contributed by atoms with E-state index in [2.05, 4.69) is 6.92 Å². The molecule has 0 spiro atoms. The third-order valence-corrected chi connectivity index (χ3v) is 2.94. The van der Waals surface area contributed by atoms with Gasteiger partial charge in [-0.2, -0.15) is 0 Å². The van der Waals surface area contributed by atoms with Crippen LogP contribution in [0, 0.1) is 6.92 Å². The first-order valence-corrected chi connectivity index (χ1v) is 5.77. The quantitative estimate of drug-likeness (QED) is 0.763. The predicted octanol–water partition coefficient (Wildman–Crippen LogP) is 3.06. The summed E-state index contributed by atoms with van der Waals surface area (Å²) in [6.45, 7) is 4.00. The third-order valence-electron chi connectivity index (χ3n) is 2.94. The van der Waals surface area contributed by atoms with Crippen LogP contribution in [0.5, 0.6) is 5.75 Å². The lowest BCUT2D eigenvalue weighted by Crippen LogP contribution is -2.02. The fourth-order valence-corrected chi connectivity index (χ4v) is 2.11.